The van der Waals surface area contributed by atoms with Crippen molar-refractivity contribution in [3.8, 4) is 0 Å². The molecule has 2 unspecified atom stereocenters. The Hall–Kier alpha value is -0.120. The Balaban J connectivity index is 1.48. The summed E-state index contributed by atoms with van der Waals surface area (Å²) in [7, 11) is 0. The van der Waals surface area contributed by atoms with Crippen molar-refractivity contribution in [1.82, 2.24) is 10.2 Å². The summed E-state index contributed by atoms with van der Waals surface area (Å²) in [5.41, 5.74) is 0. The number of hydrogen-bond donors (Lipinski definition) is 1. The van der Waals surface area contributed by atoms with Crippen LogP contribution in [0.2, 0.25) is 0 Å². The minimum absolute atomic E-state index is 0.713. The van der Waals surface area contributed by atoms with E-state index in [1.165, 1.54) is 38.6 Å². The van der Waals surface area contributed by atoms with Gasteiger partial charge < -0.3 is 10.1 Å². The Morgan fingerprint density at radius 3 is 2.50 bits per heavy atom. The van der Waals surface area contributed by atoms with Gasteiger partial charge in [-0.15, -0.1) is 0 Å². The van der Waals surface area contributed by atoms with Gasteiger partial charge in [0.05, 0.1) is 0 Å². The number of nitrogens with zero attached hydrogens (tertiary/aromatic N) is 1. The van der Waals surface area contributed by atoms with Crippen molar-refractivity contribution >= 4 is 0 Å². The monoisotopic (exact) mass is 224 g/mol. The molecule has 16 heavy (non-hydrogen) atoms. The summed E-state index contributed by atoms with van der Waals surface area (Å²) in [5, 5.41) is 3.84. The fourth-order valence-corrected chi connectivity index (χ4v) is 3.29. The Bertz CT molecular complexity index is 236. The molecule has 3 rings (SSSR count). The molecule has 2 heterocycles. The highest BCUT2D eigenvalue weighted by Crippen LogP contribution is 2.33. The second-order valence-corrected chi connectivity index (χ2v) is 5.76. The molecule has 0 aromatic rings. The largest absolute Gasteiger partial charge is 0.381 e. The van der Waals surface area contributed by atoms with Gasteiger partial charge in [-0.1, -0.05) is 0 Å². The van der Waals surface area contributed by atoms with Crippen molar-refractivity contribution in [2.24, 2.45) is 0 Å². The van der Waals surface area contributed by atoms with Crippen LogP contribution in [0.1, 0.15) is 39.0 Å². The van der Waals surface area contributed by atoms with Crippen LogP contribution in [0, 0.1) is 0 Å². The average Bonchev–Trinajstić information content (AvgIpc) is 3.06. The summed E-state index contributed by atoms with van der Waals surface area (Å²) >= 11 is 0. The van der Waals surface area contributed by atoms with Crippen LogP contribution in [0.15, 0.2) is 0 Å². The summed E-state index contributed by atoms with van der Waals surface area (Å²) < 4.78 is 5.40. The standard InChI is InChI=1S/C13H24N2O/c1-10-8-12(9-15(10)13-2-3-13)14-11-4-6-16-7-5-11/h10-14H,2-9H2,1H3. The summed E-state index contributed by atoms with van der Waals surface area (Å²) in [6.07, 6.45) is 6.62. The number of likely N-dealkylation sites (tertiary alicyclic amines) is 1. The molecule has 1 N–H and O–H groups in total. The molecule has 1 aliphatic carbocycles. The molecular weight excluding hydrogens is 200 g/mol. The van der Waals surface area contributed by atoms with Gasteiger partial charge in [0.15, 0.2) is 0 Å². The maximum absolute atomic E-state index is 5.40. The molecule has 3 nitrogen and oxygen atoms in total. The highest BCUT2D eigenvalue weighted by Gasteiger charge is 2.39. The molecule has 0 radical (unpaired) electrons. The minimum Gasteiger partial charge on any atom is -0.381 e. The number of rotatable bonds is 3. The van der Waals surface area contributed by atoms with E-state index < -0.39 is 0 Å². The third kappa shape index (κ3) is 2.41. The zero-order chi connectivity index (χ0) is 11.0. The van der Waals surface area contributed by atoms with Crippen LogP contribution in [-0.4, -0.2) is 48.8 Å². The van der Waals surface area contributed by atoms with Crippen LogP contribution >= 0.6 is 0 Å². The molecule has 0 amide bonds. The third-order valence-corrected chi connectivity index (χ3v) is 4.33. The van der Waals surface area contributed by atoms with Gasteiger partial charge in [-0.05, 0) is 39.0 Å². The lowest BCUT2D eigenvalue weighted by Gasteiger charge is -2.26. The van der Waals surface area contributed by atoms with Crippen molar-refractivity contribution in [3.05, 3.63) is 0 Å². The van der Waals surface area contributed by atoms with Crippen LogP contribution < -0.4 is 5.32 Å². The fraction of sp³-hybridized carbons (Fsp3) is 1.00. The van der Waals surface area contributed by atoms with Crippen LogP contribution in [-0.2, 0) is 4.74 Å². The van der Waals surface area contributed by atoms with E-state index in [2.05, 4.69) is 17.1 Å². The molecule has 3 aliphatic rings. The molecule has 3 heteroatoms. The van der Waals surface area contributed by atoms with E-state index in [0.717, 1.165) is 31.3 Å². The minimum atomic E-state index is 0.713. The van der Waals surface area contributed by atoms with Gasteiger partial charge in [0.1, 0.15) is 0 Å². The second-order valence-electron chi connectivity index (χ2n) is 5.76. The van der Waals surface area contributed by atoms with E-state index >= 15 is 0 Å². The molecule has 3 fully saturated rings. The Morgan fingerprint density at radius 2 is 1.81 bits per heavy atom. The zero-order valence-corrected chi connectivity index (χ0v) is 10.3. The molecule has 0 spiro atoms. The van der Waals surface area contributed by atoms with Crippen LogP contribution in [0.25, 0.3) is 0 Å². The molecule has 1 saturated carbocycles. The second kappa shape index (κ2) is 4.63. The first kappa shape index (κ1) is 11.0. The van der Waals surface area contributed by atoms with Gasteiger partial charge in [-0.2, -0.15) is 0 Å². The summed E-state index contributed by atoms with van der Waals surface area (Å²) in [5.74, 6) is 0. The predicted octanol–water partition coefficient (Wildman–Crippen LogP) is 1.38. The quantitative estimate of drug-likeness (QED) is 0.784. The normalized spacial score (nSPS) is 38.1. The summed E-state index contributed by atoms with van der Waals surface area (Å²) in [6, 6.07) is 3.17. The van der Waals surface area contributed by atoms with E-state index in [-0.39, 0.29) is 0 Å². The highest BCUT2D eigenvalue weighted by atomic mass is 16.5. The average molecular weight is 224 g/mol. The van der Waals surface area contributed by atoms with Crippen molar-refractivity contribution in [2.75, 3.05) is 19.8 Å². The SMILES string of the molecule is CC1CC(NC2CCOCC2)CN1C1CC1. The lowest BCUT2D eigenvalue weighted by molar-refractivity contribution is 0.0750. The number of ether oxygens (including phenoxy) is 1. The lowest BCUT2D eigenvalue weighted by Crippen LogP contribution is -2.43. The van der Waals surface area contributed by atoms with E-state index in [9.17, 15) is 0 Å². The third-order valence-electron chi connectivity index (χ3n) is 4.33. The smallest absolute Gasteiger partial charge is 0.0480 e. The molecular formula is C13H24N2O. The molecule has 92 valence electrons. The predicted molar refractivity (Wildman–Crippen MR) is 64.6 cm³/mol. The molecule has 2 aliphatic heterocycles. The van der Waals surface area contributed by atoms with Gasteiger partial charge >= 0.3 is 0 Å². The maximum Gasteiger partial charge on any atom is 0.0480 e. The molecule has 2 saturated heterocycles. The maximum atomic E-state index is 5.40. The van der Waals surface area contributed by atoms with Gasteiger partial charge in [0.25, 0.3) is 0 Å². The van der Waals surface area contributed by atoms with E-state index in [0.29, 0.717) is 6.04 Å². The highest BCUT2D eigenvalue weighted by molar-refractivity contribution is 4.96. The van der Waals surface area contributed by atoms with E-state index in [1.807, 2.05) is 0 Å². The molecule has 0 aromatic heterocycles. The van der Waals surface area contributed by atoms with Gasteiger partial charge in [0, 0.05) is 43.9 Å². The van der Waals surface area contributed by atoms with Gasteiger partial charge in [0.2, 0.25) is 0 Å². The topological polar surface area (TPSA) is 24.5 Å². The fourth-order valence-electron chi connectivity index (χ4n) is 3.29. The molecule has 0 aromatic carbocycles. The first-order chi connectivity index (χ1) is 7.83. The van der Waals surface area contributed by atoms with E-state index in [1.54, 1.807) is 0 Å². The first-order valence-corrected chi connectivity index (χ1v) is 6.92. The van der Waals surface area contributed by atoms with Crippen molar-refractivity contribution in [3.63, 3.8) is 0 Å². The Morgan fingerprint density at radius 1 is 1.06 bits per heavy atom. The zero-order valence-electron chi connectivity index (χ0n) is 10.3. The molecule has 0 bridgehead atoms. The summed E-state index contributed by atoms with van der Waals surface area (Å²) in [4.78, 5) is 2.72. The van der Waals surface area contributed by atoms with Crippen LogP contribution in [0.4, 0.5) is 0 Å². The van der Waals surface area contributed by atoms with Crippen LogP contribution in [0.3, 0.4) is 0 Å². The van der Waals surface area contributed by atoms with Crippen LogP contribution in [0.5, 0.6) is 0 Å². The summed E-state index contributed by atoms with van der Waals surface area (Å²) in [6.45, 7) is 5.58. The van der Waals surface area contributed by atoms with Crippen molar-refractivity contribution in [2.45, 2.75) is 63.2 Å². The Labute approximate surface area is 98.5 Å². The first-order valence-electron chi connectivity index (χ1n) is 6.92. The Kier molecular flexibility index (Phi) is 3.18. The van der Waals surface area contributed by atoms with E-state index in [4.69, 9.17) is 4.74 Å². The van der Waals surface area contributed by atoms with Gasteiger partial charge in [-0.25, -0.2) is 0 Å². The van der Waals surface area contributed by atoms with Crippen molar-refractivity contribution in [1.29, 1.82) is 0 Å². The number of hydrogen-bond acceptors (Lipinski definition) is 3. The lowest BCUT2D eigenvalue weighted by atomic mass is 10.1. The molecule has 2 atom stereocenters. The number of nitrogens with one attached hydrogen (secondary N) is 1. The van der Waals surface area contributed by atoms with Crippen molar-refractivity contribution < 1.29 is 4.74 Å². The van der Waals surface area contributed by atoms with Gasteiger partial charge in [-0.3, -0.25) is 4.90 Å².